The van der Waals surface area contributed by atoms with Gasteiger partial charge in [-0.05, 0) is 12.1 Å². The summed E-state index contributed by atoms with van der Waals surface area (Å²) in [6.45, 7) is 1.04. The van der Waals surface area contributed by atoms with Crippen LogP contribution in [-0.4, -0.2) is 22.0 Å². The van der Waals surface area contributed by atoms with Crippen LogP contribution in [0.5, 0.6) is 0 Å². The first-order valence-electron chi connectivity index (χ1n) is 4.31. The molecule has 0 atom stereocenters. The number of nitrogens with one attached hydrogen (secondary N) is 1. The number of nitrogens with zero attached hydrogens (tertiary/aromatic N) is 1. The van der Waals surface area contributed by atoms with Crippen molar-refractivity contribution in [1.82, 2.24) is 4.98 Å². The van der Waals surface area contributed by atoms with Gasteiger partial charge in [-0.25, -0.2) is 9.78 Å². The van der Waals surface area contributed by atoms with E-state index in [1.54, 1.807) is 0 Å². The topological polar surface area (TPSA) is 79.3 Å². The average molecular weight is 248 g/mol. The molecule has 2 N–H and O–H groups in total. The number of rotatable bonds is 2. The van der Waals surface area contributed by atoms with E-state index in [2.05, 4.69) is 4.98 Å². The van der Waals surface area contributed by atoms with E-state index >= 15 is 0 Å². The fourth-order valence-corrected chi connectivity index (χ4v) is 1.05. The normalized spacial score (nSPS) is 11.1. The lowest BCUT2D eigenvalue weighted by molar-refractivity contribution is -0.141. The summed E-state index contributed by atoms with van der Waals surface area (Å²) >= 11 is 0. The van der Waals surface area contributed by atoms with Crippen molar-refractivity contribution in [2.24, 2.45) is 0 Å². The Bertz CT molecular complexity index is 471. The summed E-state index contributed by atoms with van der Waals surface area (Å²) in [7, 11) is 0. The molecular formula is C9H7F3N2O3. The summed E-state index contributed by atoms with van der Waals surface area (Å²) in [5, 5.41) is 10.6. The Balaban J connectivity index is 3.29. The molecule has 5 nitrogen and oxygen atoms in total. The standard InChI is InChI=1S/C9H7F3N2O3/c1-4(15)13-7-5(8(16)17)2-3-6(14-7)9(10,11)12/h2-3H,1H3,(H,16,17)(H,13,14,15). The minimum Gasteiger partial charge on any atom is -0.478 e. The van der Waals surface area contributed by atoms with Crippen LogP contribution in [0.15, 0.2) is 12.1 Å². The minimum absolute atomic E-state index is 0.506. The highest BCUT2D eigenvalue weighted by molar-refractivity contribution is 5.98. The number of carboxylic acids is 1. The molecule has 0 spiro atoms. The molecule has 0 aliphatic heterocycles. The van der Waals surface area contributed by atoms with Gasteiger partial charge in [0.15, 0.2) is 0 Å². The molecular weight excluding hydrogens is 241 g/mol. The van der Waals surface area contributed by atoms with E-state index in [1.165, 1.54) is 0 Å². The van der Waals surface area contributed by atoms with Crippen LogP contribution in [0.1, 0.15) is 23.0 Å². The summed E-state index contributed by atoms with van der Waals surface area (Å²) in [6, 6.07) is 1.28. The van der Waals surface area contributed by atoms with Crippen molar-refractivity contribution in [2.45, 2.75) is 13.1 Å². The Labute approximate surface area is 93.3 Å². The lowest BCUT2D eigenvalue weighted by Crippen LogP contribution is -2.16. The van der Waals surface area contributed by atoms with Crippen molar-refractivity contribution >= 4 is 17.7 Å². The van der Waals surface area contributed by atoms with Gasteiger partial charge in [0.05, 0.1) is 0 Å². The van der Waals surface area contributed by atoms with Gasteiger partial charge in [0.1, 0.15) is 17.1 Å². The molecule has 0 fully saturated rings. The first kappa shape index (κ1) is 12.9. The number of hydrogen-bond donors (Lipinski definition) is 2. The second kappa shape index (κ2) is 4.40. The smallest absolute Gasteiger partial charge is 0.433 e. The van der Waals surface area contributed by atoms with Gasteiger partial charge in [-0.3, -0.25) is 4.79 Å². The van der Waals surface area contributed by atoms with Gasteiger partial charge in [0, 0.05) is 6.92 Å². The highest BCUT2D eigenvalue weighted by atomic mass is 19.4. The lowest BCUT2D eigenvalue weighted by Gasteiger charge is -2.10. The Kier molecular flexibility index (Phi) is 3.35. The van der Waals surface area contributed by atoms with Gasteiger partial charge in [-0.15, -0.1) is 0 Å². The second-order valence-corrected chi connectivity index (χ2v) is 3.08. The van der Waals surface area contributed by atoms with Gasteiger partial charge in [-0.2, -0.15) is 13.2 Å². The summed E-state index contributed by atoms with van der Waals surface area (Å²) in [4.78, 5) is 24.5. The number of aromatic carboxylic acids is 1. The van der Waals surface area contributed by atoms with Crippen molar-refractivity contribution < 1.29 is 27.9 Å². The fourth-order valence-electron chi connectivity index (χ4n) is 1.05. The van der Waals surface area contributed by atoms with Crippen molar-refractivity contribution in [3.63, 3.8) is 0 Å². The highest BCUT2D eigenvalue weighted by Crippen LogP contribution is 2.29. The van der Waals surface area contributed by atoms with Crippen LogP contribution in [0.3, 0.4) is 0 Å². The van der Waals surface area contributed by atoms with Crippen LogP contribution in [0.2, 0.25) is 0 Å². The second-order valence-electron chi connectivity index (χ2n) is 3.08. The van der Waals surface area contributed by atoms with Crippen molar-refractivity contribution in [2.75, 3.05) is 5.32 Å². The Morgan fingerprint density at radius 1 is 1.35 bits per heavy atom. The number of alkyl halides is 3. The zero-order valence-corrected chi connectivity index (χ0v) is 8.50. The van der Waals surface area contributed by atoms with Gasteiger partial charge in [0.25, 0.3) is 0 Å². The largest absolute Gasteiger partial charge is 0.478 e. The van der Waals surface area contributed by atoms with Crippen LogP contribution in [0, 0.1) is 0 Å². The molecule has 0 bridgehead atoms. The number of carbonyl (C=O) groups is 2. The van der Waals surface area contributed by atoms with Crippen molar-refractivity contribution in [3.8, 4) is 0 Å². The van der Waals surface area contributed by atoms with E-state index < -0.39 is 35.1 Å². The lowest BCUT2D eigenvalue weighted by atomic mass is 10.2. The fraction of sp³-hybridized carbons (Fsp3) is 0.222. The number of aromatic nitrogens is 1. The first-order valence-corrected chi connectivity index (χ1v) is 4.31. The maximum atomic E-state index is 12.3. The molecule has 0 saturated carbocycles. The predicted molar refractivity (Wildman–Crippen MR) is 50.5 cm³/mol. The Morgan fingerprint density at radius 2 is 1.94 bits per heavy atom. The first-order chi connectivity index (χ1) is 7.71. The van der Waals surface area contributed by atoms with E-state index in [-0.39, 0.29) is 0 Å². The summed E-state index contributed by atoms with van der Waals surface area (Å²) in [5.74, 6) is -2.81. The van der Waals surface area contributed by atoms with Crippen molar-refractivity contribution in [3.05, 3.63) is 23.4 Å². The van der Waals surface area contributed by atoms with Crippen LogP contribution in [0.25, 0.3) is 0 Å². The van der Waals surface area contributed by atoms with Crippen LogP contribution in [-0.2, 0) is 11.0 Å². The maximum absolute atomic E-state index is 12.3. The number of hydrogen-bond acceptors (Lipinski definition) is 3. The number of pyridine rings is 1. The zero-order chi connectivity index (χ0) is 13.2. The maximum Gasteiger partial charge on any atom is 0.433 e. The summed E-state index contributed by atoms with van der Waals surface area (Å²) in [5.41, 5.74) is -1.78. The molecule has 0 saturated heterocycles. The Hall–Kier alpha value is -2.12. The highest BCUT2D eigenvalue weighted by Gasteiger charge is 2.33. The molecule has 1 aromatic rings. The van der Waals surface area contributed by atoms with E-state index in [0.29, 0.717) is 6.07 Å². The van der Waals surface area contributed by atoms with E-state index in [9.17, 15) is 22.8 Å². The third kappa shape index (κ3) is 3.16. The molecule has 0 aromatic carbocycles. The Morgan fingerprint density at radius 3 is 2.35 bits per heavy atom. The number of carbonyl (C=O) groups excluding carboxylic acids is 1. The quantitative estimate of drug-likeness (QED) is 0.835. The average Bonchev–Trinajstić information content (AvgIpc) is 2.14. The molecule has 8 heteroatoms. The van der Waals surface area contributed by atoms with E-state index in [1.807, 2.05) is 5.32 Å². The SMILES string of the molecule is CC(=O)Nc1nc(C(F)(F)F)ccc1C(=O)O. The van der Waals surface area contributed by atoms with Crippen LogP contribution >= 0.6 is 0 Å². The molecule has 0 unspecified atom stereocenters. The number of amides is 1. The van der Waals surface area contributed by atoms with E-state index in [0.717, 1.165) is 13.0 Å². The van der Waals surface area contributed by atoms with Gasteiger partial charge in [-0.1, -0.05) is 0 Å². The molecule has 1 aromatic heterocycles. The summed E-state index contributed by atoms with van der Waals surface area (Å²) in [6.07, 6.45) is -4.70. The molecule has 0 aliphatic carbocycles. The molecule has 1 rings (SSSR count). The number of anilines is 1. The van der Waals surface area contributed by atoms with Gasteiger partial charge < -0.3 is 10.4 Å². The number of halogens is 3. The number of carboxylic acid groups (broad SMARTS) is 1. The van der Waals surface area contributed by atoms with Crippen molar-refractivity contribution in [1.29, 1.82) is 0 Å². The van der Waals surface area contributed by atoms with Crippen LogP contribution in [0.4, 0.5) is 19.0 Å². The molecule has 1 heterocycles. The molecule has 92 valence electrons. The zero-order valence-electron chi connectivity index (χ0n) is 8.50. The molecule has 1 amide bonds. The molecule has 0 aliphatic rings. The third-order valence-electron chi connectivity index (χ3n) is 1.71. The van der Waals surface area contributed by atoms with E-state index in [4.69, 9.17) is 5.11 Å². The minimum atomic E-state index is -4.70. The van der Waals surface area contributed by atoms with Gasteiger partial charge in [0.2, 0.25) is 5.91 Å². The van der Waals surface area contributed by atoms with Crippen LogP contribution < -0.4 is 5.32 Å². The monoisotopic (exact) mass is 248 g/mol. The van der Waals surface area contributed by atoms with Gasteiger partial charge >= 0.3 is 12.1 Å². The predicted octanol–water partition coefficient (Wildman–Crippen LogP) is 1.76. The molecule has 17 heavy (non-hydrogen) atoms. The third-order valence-corrected chi connectivity index (χ3v) is 1.71. The molecule has 0 radical (unpaired) electrons. The summed E-state index contributed by atoms with van der Waals surface area (Å²) < 4.78 is 36.9.